The van der Waals surface area contributed by atoms with Gasteiger partial charge in [-0.1, -0.05) is 32.0 Å². The summed E-state index contributed by atoms with van der Waals surface area (Å²) < 4.78 is 8.82. The van der Waals surface area contributed by atoms with Gasteiger partial charge < -0.3 is 4.74 Å². The van der Waals surface area contributed by atoms with E-state index in [1.807, 2.05) is 10.9 Å². The van der Waals surface area contributed by atoms with Crippen LogP contribution in [0.2, 0.25) is 0 Å². The molecular weight excluding hydrogens is 363 g/mol. The van der Waals surface area contributed by atoms with Gasteiger partial charge >= 0.3 is 0 Å². The monoisotopic (exact) mass is 384 g/mol. The van der Waals surface area contributed by atoms with E-state index in [0.717, 1.165) is 31.7 Å². The average molecular weight is 384 g/mol. The molecule has 0 atom stereocenters. The van der Waals surface area contributed by atoms with Gasteiger partial charge in [-0.25, -0.2) is 0 Å². The summed E-state index contributed by atoms with van der Waals surface area (Å²) >= 11 is 2.36. The molecule has 0 bridgehead atoms. The van der Waals surface area contributed by atoms with Crippen LogP contribution in [0.3, 0.4) is 0 Å². The van der Waals surface area contributed by atoms with E-state index in [-0.39, 0.29) is 0 Å². The van der Waals surface area contributed by atoms with E-state index in [2.05, 4.69) is 72.0 Å². The molecule has 2 aromatic rings. The minimum absolute atomic E-state index is 0.700. The van der Waals surface area contributed by atoms with Crippen molar-refractivity contribution in [1.29, 1.82) is 0 Å². The molecule has 108 valence electrons. The average Bonchev–Trinajstić information content (AvgIpc) is 2.87. The Kier molecular flexibility index (Phi) is 6.04. The van der Waals surface area contributed by atoms with Gasteiger partial charge in [-0.15, -0.1) is 0 Å². The lowest BCUT2D eigenvalue weighted by Crippen LogP contribution is -2.08. The summed E-state index contributed by atoms with van der Waals surface area (Å²) in [6, 6.07) is 8.35. The van der Waals surface area contributed by atoms with E-state index in [9.17, 15) is 0 Å². The Morgan fingerprint density at radius 3 is 2.80 bits per heavy atom. The molecule has 0 aliphatic heterocycles. The van der Waals surface area contributed by atoms with Crippen molar-refractivity contribution in [2.45, 2.75) is 26.8 Å². The Balaban J connectivity index is 1.85. The largest absolute Gasteiger partial charge is 0.380 e. The van der Waals surface area contributed by atoms with Crippen LogP contribution in [0.15, 0.2) is 36.7 Å². The summed E-state index contributed by atoms with van der Waals surface area (Å²) in [7, 11) is 0. The van der Waals surface area contributed by atoms with Crippen LogP contribution in [-0.2, 0) is 11.3 Å². The quantitative estimate of drug-likeness (QED) is 0.528. The standard InChI is InChI=1S/C16H21IN2O/c1-13(2)7-9-20-10-8-19-12-14(11-18-19)15-5-3-4-6-16(15)17/h3-6,11-13H,7-10H2,1-2H3. The number of rotatable bonds is 7. The Morgan fingerprint density at radius 2 is 2.05 bits per heavy atom. The first-order valence-corrected chi connectivity index (χ1v) is 8.10. The summed E-state index contributed by atoms with van der Waals surface area (Å²) in [5, 5.41) is 4.40. The van der Waals surface area contributed by atoms with Crippen LogP contribution in [-0.4, -0.2) is 23.0 Å². The molecule has 0 aliphatic rings. The molecule has 0 radical (unpaired) electrons. The second-order valence-electron chi connectivity index (χ2n) is 5.27. The second kappa shape index (κ2) is 7.78. The van der Waals surface area contributed by atoms with E-state index in [1.54, 1.807) is 0 Å². The molecule has 1 aromatic heterocycles. The third-order valence-corrected chi connectivity index (χ3v) is 4.06. The molecule has 4 heteroatoms. The normalized spacial score (nSPS) is 11.2. The van der Waals surface area contributed by atoms with Crippen molar-refractivity contribution in [1.82, 2.24) is 9.78 Å². The van der Waals surface area contributed by atoms with Gasteiger partial charge in [0.05, 0.1) is 19.3 Å². The molecule has 0 saturated heterocycles. The maximum absolute atomic E-state index is 5.62. The predicted molar refractivity (Wildman–Crippen MR) is 90.7 cm³/mol. The lowest BCUT2D eigenvalue weighted by molar-refractivity contribution is 0.114. The number of benzene rings is 1. The van der Waals surface area contributed by atoms with Crippen molar-refractivity contribution < 1.29 is 4.74 Å². The fourth-order valence-corrected chi connectivity index (χ4v) is 2.60. The molecule has 0 aliphatic carbocycles. The number of hydrogen-bond acceptors (Lipinski definition) is 2. The lowest BCUT2D eigenvalue weighted by atomic mass is 10.1. The van der Waals surface area contributed by atoms with Crippen molar-refractivity contribution >= 4 is 22.6 Å². The fourth-order valence-electron chi connectivity index (χ4n) is 1.90. The molecule has 0 fully saturated rings. The maximum Gasteiger partial charge on any atom is 0.0662 e. The minimum Gasteiger partial charge on any atom is -0.380 e. The molecule has 0 N–H and O–H groups in total. The molecule has 0 amide bonds. The van der Waals surface area contributed by atoms with Gasteiger partial charge in [0.1, 0.15) is 0 Å². The molecular formula is C16H21IN2O. The summed E-state index contributed by atoms with van der Waals surface area (Å²) in [6.45, 7) is 6.79. The summed E-state index contributed by atoms with van der Waals surface area (Å²) in [5.74, 6) is 0.700. The highest BCUT2D eigenvalue weighted by Crippen LogP contribution is 2.24. The predicted octanol–water partition coefficient (Wildman–Crippen LogP) is 4.22. The topological polar surface area (TPSA) is 27.1 Å². The molecule has 1 heterocycles. The molecule has 0 spiro atoms. The van der Waals surface area contributed by atoms with Gasteiger partial charge in [0.25, 0.3) is 0 Å². The van der Waals surface area contributed by atoms with Crippen LogP contribution in [0.4, 0.5) is 0 Å². The van der Waals surface area contributed by atoms with E-state index in [0.29, 0.717) is 5.92 Å². The zero-order chi connectivity index (χ0) is 14.4. The van der Waals surface area contributed by atoms with Gasteiger partial charge in [-0.05, 0) is 46.6 Å². The second-order valence-corrected chi connectivity index (χ2v) is 6.43. The molecule has 0 unspecified atom stereocenters. The van der Waals surface area contributed by atoms with Crippen molar-refractivity contribution in [3.05, 3.63) is 40.2 Å². The van der Waals surface area contributed by atoms with Crippen LogP contribution < -0.4 is 0 Å². The highest BCUT2D eigenvalue weighted by molar-refractivity contribution is 14.1. The lowest BCUT2D eigenvalue weighted by Gasteiger charge is -2.06. The van der Waals surface area contributed by atoms with Crippen molar-refractivity contribution in [2.75, 3.05) is 13.2 Å². The van der Waals surface area contributed by atoms with Crippen LogP contribution in [0.25, 0.3) is 11.1 Å². The Labute approximate surface area is 134 Å². The Bertz CT molecular complexity index is 537. The SMILES string of the molecule is CC(C)CCOCCn1cc(-c2ccccc2I)cn1. The van der Waals surface area contributed by atoms with Gasteiger partial charge in [0.15, 0.2) is 0 Å². The van der Waals surface area contributed by atoms with Gasteiger partial charge in [0, 0.05) is 21.9 Å². The van der Waals surface area contributed by atoms with Crippen LogP contribution >= 0.6 is 22.6 Å². The Hall–Kier alpha value is -0.880. The summed E-state index contributed by atoms with van der Waals surface area (Å²) in [5.41, 5.74) is 2.40. The Morgan fingerprint density at radius 1 is 1.25 bits per heavy atom. The van der Waals surface area contributed by atoms with E-state index < -0.39 is 0 Å². The van der Waals surface area contributed by atoms with Crippen molar-refractivity contribution in [3.63, 3.8) is 0 Å². The van der Waals surface area contributed by atoms with E-state index in [1.165, 1.54) is 9.13 Å². The third-order valence-electron chi connectivity index (χ3n) is 3.12. The van der Waals surface area contributed by atoms with Crippen LogP contribution in [0, 0.1) is 9.49 Å². The summed E-state index contributed by atoms with van der Waals surface area (Å²) in [4.78, 5) is 0. The van der Waals surface area contributed by atoms with Gasteiger partial charge in [0.2, 0.25) is 0 Å². The first-order valence-electron chi connectivity index (χ1n) is 7.02. The molecule has 0 saturated carbocycles. The number of nitrogens with zero attached hydrogens (tertiary/aromatic N) is 2. The molecule has 2 rings (SSSR count). The summed E-state index contributed by atoms with van der Waals surface area (Å²) in [6.07, 6.45) is 5.13. The van der Waals surface area contributed by atoms with Crippen molar-refractivity contribution in [3.8, 4) is 11.1 Å². The highest BCUT2D eigenvalue weighted by Gasteiger charge is 2.05. The maximum atomic E-state index is 5.62. The van der Waals surface area contributed by atoms with Crippen LogP contribution in [0.5, 0.6) is 0 Å². The first kappa shape index (κ1) is 15.5. The van der Waals surface area contributed by atoms with Crippen LogP contribution in [0.1, 0.15) is 20.3 Å². The zero-order valence-electron chi connectivity index (χ0n) is 12.1. The first-order chi connectivity index (χ1) is 9.66. The number of halogens is 1. The molecule has 20 heavy (non-hydrogen) atoms. The van der Waals surface area contributed by atoms with Crippen molar-refractivity contribution in [2.24, 2.45) is 5.92 Å². The molecule has 3 nitrogen and oxygen atoms in total. The highest BCUT2D eigenvalue weighted by atomic mass is 127. The van der Waals surface area contributed by atoms with E-state index in [4.69, 9.17) is 4.74 Å². The number of ether oxygens (including phenoxy) is 1. The van der Waals surface area contributed by atoms with Gasteiger partial charge in [-0.2, -0.15) is 5.10 Å². The van der Waals surface area contributed by atoms with E-state index >= 15 is 0 Å². The molecule has 1 aromatic carbocycles. The fraction of sp³-hybridized carbons (Fsp3) is 0.438. The number of aromatic nitrogens is 2. The smallest absolute Gasteiger partial charge is 0.0662 e. The minimum atomic E-state index is 0.700. The third kappa shape index (κ3) is 4.59. The zero-order valence-corrected chi connectivity index (χ0v) is 14.2. The van der Waals surface area contributed by atoms with Gasteiger partial charge in [-0.3, -0.25) is 4.68 Å². The number of hydrogen-bond donors (Lipinski definition) is 0.